The zero-order valence-electron chi connectivity index (χ0n) is 16.9. The van der Waals surface area contributed by atoms with E-state index >= 15 is 0 Å². The van der Waals surface area contributed by atoms with Crippen LogP contribution >= 0.6 is 0 Å². The van der Waals surface area contributed by atoms with E-state index in [1.807, 2.05) is 0 Å². The highest BCUT2D eigenvalue weighted by Gasteiger charge is 2.18. The lowest BCUT2D eigenvalue weighted by Crippen LogP contribution is -2.12. The molecule has 0 spiro atoms. The van der Waals surface area contributed by atoms with Crippen LogP contribution in [0.5, 0.6) is 0 Å². The van der Waals surface area contributed by atoms with Crippen LogP contribution in [-0.4, -0.2) is 13.0 Å². The lowest BCUT2D eigenvalue weighted by atomic mass is 10.00. The Kier molecular flexibility index (Phi) is 5.45. The summed E-state index contributed by atoms with van der Waals surface area (Å²) < 4.78 is 61.4. The summed E-state index contributed by atoms with van der Waals surface area (Å²) in [6, 6.07) is 16.2. The van der Waals surface area contributed by atoms with E-state index in [0.717, 1.165) is 0 Å². The minimum absolute atomic E-state index is 0.190. The number of hydrogen-bond acceptors (Lipinski definition) is 5. The number of fused-ring (bicyclic) bond motifs is 1. The van der Waals surface area contributed by atoms with E-state index in [-0.39, 0.29) is 21.7 Å². The number of rotatable bonds is 5. The van der Waals surface area contributed by atoms with Crippen LogP contribution in [0.25, 0.3) is 21.9 Å². The van der Waals surface area contributed by atoms with Crippen molar-refractivity contribution in [1.82, 2.24) is 0 Å². The first kappa shape index (κ1) is 21.5. The second-order valence-corrected chi connectivity index (χ2v) is 8.65. The van der Waals surface area contributed by atoms with Crippen LogP contribution in [0.4, 0.5) is 25.8 Å². The largest absolute Gasteiger partial charge is 0.396 e. The van der Waals surface area contributed by atoms with Gasteiger partial charge < -0.3 is 11.2 Å². The number of benzene rings is 4. The van der Waals surface area contributed by atoms with Crippen LogP contribution in [0.15, 0.2) is 71.6 Å². The Bertz CT molecular complexity index is 1460. The summed E-state index contributed by atoms with van der Waals surface area (Å²) in [6.07, 6.45) is 0. The Labute approximate surface area is 183 Å². The topological polar surface area (TPSA) is 104 Å². The fraction of sp³-hybridized carbons (Fsp3) is 0.0435. The predicted molar refractivity (Wildman–Crippen MR) is 122 cm³/mol. The summed E-state index contributed by atoms with van der Waals surface area (Å²) in [5, 5.41) is 0.711. The third kappa shape index (κ3) is 4.08. The molecule has 0 saturated carbocycles. The van der Waals surface area contributed by atoms with Gasteiger partial charge >= 0.3 is 0 Å². The maximum Gasteiger partial charge on any atom is 0.295 e. The first-order valence-corrected chi connectivity index (χ1v) is 11.0. The molecule has 0 aliphatic heterocycles. The summed E-state index contributed by atoms with van der Waals surface area (Å²) in [5.41, 5.74) is 14.0. The van der Waals surface area contributed by atoms with Crippen LogP contribution < -0.4 is 16.6 Å². The van der Waals surface area contributed by atoms with E-state index in [4.69, 9.17) is 5.73 Å². The Morgan fingerprint density at radius 2 is 1.56 bits per heavy atom. The molecular formula is C23H19F2N3O3S. The quantitative estimate of drug-likeness (QED) is 0.183. The lowest BCUT2D eigenvalue weighted by Gasteiger charge is -2.16. The van der Waals surface area contributed by atoms with E-state index in [9.17, 15) is 21.8 Å². The fourth-order valence-electron chi connectivity index (χ4n) is 3.56. The van der Waals surface area contributed by atoms with E-state index in [2.05, 4.69) is 10.9 Å². The fourth-order valence-corrected chi connectivity index (χ4v) is 4.28. The minimum Gasteiger partial charge on any atom is -0.396 e. The molecule has 0 fully saturated rings. The van der Waals surface area contributed by atoms with Crippen molar-refractivity contribution < 1.29 is 21.8 Å². The second-order valence-electron chi connectivity index (χ2n) is 7.26. The molecule has 0 saturated heterocycles. The molecule has 0 bridgehead atoms. The molecule has 9 heteroatoms. The molecule has 164 valence electrons. The maximum atomic E-state index is 14.8. The van der Waals surface area contributed by atoms with Gasteiger partial charge in [0.25, 0.3) is 10.1 Å². The molecule has 0 aliphatic rings. The molecule has 0 heterocycles. The van der Waals surface area contributed by atoms with Crippen molar-refractivity contribution in [2.75, 3.05) is 16.6 Å². The zero-order chi connectivity index (χ0) is 23.0. The smallest absolute Gasteiger partial charge is 0.295 e. The number of hydrazine groups is 1. The highest BCUT2D eigenvalue weighted by Crippen LogP contribution is 2.34. The number of hydrogen-bond donors (Lipinski definition) is 4. The summed E-state index contributed by atoms with van der Waals surface area (Å²) in [5.74, 6) is -0.928. The van der Waals surface area contributed by atoms with Gasteiger partial charge in [0.2, 0.25) is 0 Å². The third-order valence-electron chi connectivity index (χ3n) is 5.12. The molecule has 0 radical (unpaired) electrons. The molecule has 0 amide bonds. The van der Waals surface area contributed by atoms with Crippen molar-refractivity contribution in [3.8, 4) is 11.1 Å². The summed E-state index contributed by atoms with van der Waals surface area (Å²) in [7, 11) is -4.51. The van der Waals surface area contributed by atoms with Crippen LogP contribution in [0.3, 0.4) is 0 Å². The molecular weight excluding hydrogens is 436 g/mol. The highest BCUT2D eigenvalue weighted by atomic mass is 32.2. The predicted octanol–water partition coefficient (Wildman–Crippen LogP) is 5.36. The SMILES string of the molecule is Cc1cc(F)ccc1-c1ccc(NNc2cc(S(=O)(=O)O)c3ccccc3c2N)cc1F. The van der Waals surface area contributed by atoms with Crippen molar-refractivity contribution in [2.24, 2.45) is 0 Å². The molecule has 32 heavy (non-hydrogen) atoms. The normalized spacial score (nSPS) is 11.5. The van der Waals surface area contributed by atoms with Gasteiger partial charge in [-0.25, -0.2) is 8.78 Å². The number of anilines is 3. The molecule has 4 aromatic carbocycles. The first-order valence-electron chi connectivity index (χ1n) is 9.52. The number of nitrogens with one attached hydrogen (secondary N) is 2. The number of halogens is 2. The van der Waals surface area contributed by atoms with Gasteiger partial charge in [0, 0.05) is 16.3 Å². The van der Waals surface area contributed by atoms with Crippen LogP contribution in [0.2, 0.25) is 0 Å². The van der Waals surface area contributed by atoms with Crippen molar-refractivity contribution >= 4 is 38.0 Å². The van der Waals surface area contributed by atoms with Crippen molar-refractivity contribution in [3.05, 3.63) is 83.9 Å². The van der Waals surface area contributed by atoms with Gasteiger partial charge in [0.1, 0.15) is 16.5 Å². The summed E-state index contributed by atoms with van der Waals surface area (Å²) >= 11 is 0. The molecule has 0 unspecified atom stereocenters. The number of nitrogen functional groups attached to an aromatic ring is 1. The Balaban J connectivity index is 1.65. The highest BCUT2D eigenvalue weighted by molar-refractivity contribution is 7.86. The molecule has 6 nitrogen and oxygen atoms in total. The van der Waals surface area contributed by atoms with Gasteiger partial charge in [-0.15, -0.1) is 0 Å². The average molecular weight is 455 g/mol. The van der Waals surface area contributed by atoms with Crippen molar-refractivity contribution in [3.63, 3.8) is 0 Å². The van der Waals surface area contributed by atoms with Crippen LogP contribution in [-0.2, 0) is 10.1 Å². The zero-order valence-corrected chi connectivity index (χ0v) is 17.7. The van der Waals surface area contributed by atoms with E-state index in [1.54, 1.807) is 37.3 Å². The summed E-state index contributed by atoms with van der Waals surface area (Å²) in [4.78, 5) is -0.306. The van der Waals surface area contributed by atoms with Crippen LogP contribution in [0, 0.1) is 18.6 Å². The third-order valence-corrected chi connectivity index (χ3v) is 6.01. The van der Waals surface area contributed by atoms with Gasteiger partial charge in [-0.2, -0.15) is 8.42 Å². The molecule has 0 aliphatic carbocycles. The van der Waals surface area contributed by atoms with Gasteiger partial charge in [-0.05, 0) is 54.4 Å². The average Bonchev–Trinajstić information content (AvgIpc) is 2.73. The second kappa shape index (κ2) is 8.10. The Morgan fingerprint density at radius 3 is 2.22 bits per heavy atom. The maximum absolute atomic E-state index is 14.8. The van der Waals surface area contributed by atoms with E-state index in [1.165, 1.54) is 36.4 Å². The Hall–Kier alpha value is -3.69. The van der Waals surface area contributed by atoms with Gasteiger partial charge in [-0.3, -0.25) is 9.98 Å². The standard InChI is InChI=1S/C23H19F2N3O3S/c1-13-10-14(24)6-8-16(13)17-9-7-15(11-20(17)25)27-28-21-12-22(32(29,30)31)18-4-2-3-5-19(18)23(21)26/h2-12,27-28H,26H2,1H3,(H,29,30,31). The van der Waals surface area contributed by atoms with Crippen molar-refractivity contribution in [1.29, 1.82) is 0 Å². The molecule has 5 N–H and O–H groups in total. The molecule has 4 rings (SSSR count). The van der Waals surface area contributed by atoms with E-state index < -0.39 is 21.8 Å². The van der Waals surface area contributed by atoms with Crippen molar-refractivity contribution in [2.45, 2.75) is 11.8 Å². The van der Waals surface area contributed by atoms with Gasteiger partial charge in [0.15, 0.2) is 0 Å². The number of aryl methyl sites for hydroxylation is 1. The molecule has 0 aromatic heterocycles. The lowest BCUT2D eigenvalue weighted by molar-refractivity contribution is 0.484. The van der Waals surface area contributed by atoms with Gasteiger partial charge in [-0.1, -0.05) is 30.3 Å². The van der Waals surface area contributed by atoms with Gasteiger partial charge in [0.05, 0.1) is 17.1 Å². The minimum atomic E-state index is -4.51. The first-order chi connectivity index (χ1) is 15.1. The molecule has 4 aromatic rings. The molecule has 0 atom stereocenters. The summed E-state index contributed by atoms with van der Waals surface area (Å²) in [6.45, 7) is 1.70. The number of nitrogens with two attached hydrogens (primary N) is 1. The van der Waals surface area contributed by atoms with E-state index in [0.29, 0.717) is 27.8 Å². The Morgan fingerprint density at radius 1 is 0.875 bits per heavy atom. The van der Waals surface area contributed by atoms with Crippen LogP contribution in [0.1, 0.15) is 5.56 Å². The monoisotopic (exact) mass is 455 g/mol.